The van der Waals surface area contributed by atoms with Crippen molar-refractivity contribution in [3.05, 3.63) is 0 Å². The molecule has 0 heterocycles. The molecule has 0 spiro atoms. The molecule has 0 amide bonds. The number of nitrogens with two attached hydrogens (primary N) is 18. The highest BCUT2D eigenvalue weighted by atomic mass is 15.4. The summed E-state index contributed by atoms with van der Waals surface area (Å²) in [6.07, 6.45) is 0.581. The van der Waals surface area contributed by atoms with Gasteiger partial charge in [0.05, 0.1) is 11.3 Å². The Hall–Kier alpha value is -0.720. The summed E-state index contributed by atoms with van der Waals surface area (Å²) in [5.74, 6) is -2.70. The van der Waals surface area contributed by atoms with Gasteiger partial charge in [0.15, 0.2) is 0 Å². The molecule has 0 bridgehead atoms. The molecule has 18 heteroatoms. The van der Waals surface area contributed by atoms with Crippen LogP contribution in [-0.2, 0) is 0 Å². The first-order valence-electron chi connectivity index (χ1n) is 10.3. The van der Waals surface area contributed by atoms with Crippen molar-refractivity contribution in [2.75, 3.05) is 0 Å². The zero-order valence-electron chi connectivity index (χ0n) is 19.1. The zero-order valence-corrected chi connectivity index (χ0v) is 19.1. The lowest BCUT2D eigenvalue weighted by Crippen LogP contribution is -3.16. The number of rotatable bonds is 3. The molecule has 2 saturated carbocycles. The Morgan fingerprint density at radius 2 is 0.939 bits per heavy atom. The van der Waals surface area contributed by atoms with Gasteiger partial charge >= 0.3 is 0 Å². The van der Waals surface area contributed by atoms with Crippen LogP contribution in [0, 0.1) is 10.8 Å². The van der Waals surface area contributed by atoms with Crippen molar-refractivity contribution >= 4 is 0 Å². The summed E-state index contributed by atoms with van der Waals surface area (Å²) < 4.78 is 0. The molecule has 2 aliphatic rings. The van der Waals surface area contributed by atoms with Crippen LogP contribution in [0.2, 0.25) is 0 Å². The second-order valence-corrected chi connectivity index (χ2v) is 10.8. The van der Waals surface area contributed by atoms with E-state index >= 15 is 0 Å². The van der Waals surface area contributed by atoms with E-state index in [-0.39, 0.29) is 12.8 Å². The maximum Gasteiger partial charge on any atom is 0.134 e. The largest absolute Gasteiger partial charge is 0.328 e. The lowest BCUT2D eigenvalue weighted by Gasteiger charge is -2.79. The van der Waals surface area contributed by atoms with Crippen LogP contribution < -0.4 is 103 Å². The van der Waals surface area contributed by atoms with Gasteiger partial charge in [0, 0.05) is 11.5 Å². The van der Waals surface area contributed by atoms with E-state index in [0.29, 0.717) is 6.42 Å². The third-order valence-electron chi connectivity index (χ3n) is 8.79. The SMILES string of the molecule is CC1(C(N)(N)C2(C(N)(N)N)C(N)(N)C(N)(N)C(N)(N)C(N)(N)C2(N)N)CC(N)CCC1(N)N. The first kappa shape index (κ1) is 28.5. The lowest BCUT2D eigenvalue weighted by molar-refractivity contribution is -0.252. The summed E-state index contributed by atoms with van der Waals surface area (Å²) in [4.78, 5) is 0. The first-order chi connectivity index (χ1) is 14.1. The molecule has 2 rings (SSSR count). The minimum absolute atomic E-state index is 0.00231. The molecule has 196 valence electrons. The molecule has 2 unspecified atom stereocenters. The average molecular weight is 479 g/mol. The summed E-state index contributed by atoms with van der Waals surface area (Å²) in [5.41, 5.74) is 93.4. The Balaban J connectivity index is 3.18. The van der Waals surface area contributed by atoms with Crippen molar-refractivity contribution in [1.82, 2.24) is 0 Å². The van der Waals surface area contributed by atoms with Crippen LogP contribution in [0.25, 0.3) is 0 Å². The lowest BCUT2D eigenvalue weighted by atomic mass is 9.38. The van der Waals surface area contributed by atoms with Crippen LogP contribution in [-0.4, -0.2) is 51.5 Å². The minimum atomic E-state index is -2.79. The van der Waals surface area contributed by atoms with Gasteiger partial charge in [-0.05, 0) is 19.3 Å². The normalized spacial score (nSPS) is 36.3. The van der Waals surface area contributed by atoms with Gasteiger partial charge in [-0.2, -0.15) is 0 Å². The molecule has 0 saturated heterocycles. The van der Waals surface area contributed by atoms with Gasteiger partial charge in [0.2, 0.25) is 0 Å². The van der Waals surface area contributed by atoms with Crippen LogP contribution in [0.5, 0.6) is 0 Å². The van der Waals surface area contributed by atoms with Crippen molar-refractivity contribution in [3.63, 3.8) is 0 Å². The van der Waals surface area contributed by atoms with Crippen molar-refractivity contribution in [2.24, 2.45) is 114 Å². The van der Waals surface area contributed by atoms with E-state index in [1.165, 1.54) is 6.92 Å². The molecule has 2 atom stereocenters. The van der Waals surface area contributed by atoms with Gasteiger partial charge in [-0.25, -0.2) is 0 Å². The van der Waals surface area contributed by atoms with Gasteiger partial charge in [-0.1, -0.05) is 6.92 Å². The maximum absolute atomic E-state index is 6.84. The van der Waals surface area contributed by atoms with E-state index in [1.54, 1.807) is 0 Å². The average Bonchev–Trinajstić information content (AvgIpc) is 2.55. The fourth-order valence-electron chi connectivity index (χ4n) is 6.23. The Bertz CT molecular complexity index is 761. The molecular weight excluding hydrogens is 432 g/mol. The Morgan fingerprint density at radius 3 is 1.27 bits per heavy atom. The molecule has 0 aromatic heterocycles. The number of hydrogen-bond donors (Lipinski definition) is 18. The predicted octanol–water partition coefficient (Wildman–Crippen LogP) is -10.7. The molecule has 0 aromatic carbocycles. The maximum atomic E-state index is 6.84. The van der Waals surface area contributed by atoms with Crippen molar-refractivity contribution in [1.29, 1.82) is 0 Å². The van der Waals surface area contributed by atoms with Gasteiger partial charge in [0.25, 0.3) is 0 Å². The summed E-state index contributed by atoms with van der Waals surface area (Å²) in [6.45, 7) is 1.50. The van der Waals surface area contributed by atoms with Crippen molar-refractivity contribution in [3.8, 4) is 0 Å². The summed E-state index contributed by atoms with van der Waals surface area (Å²) in [5, 5.41) is 0. The fraction of sp³-hybridized carbons (Fsp3) is 1.00. The molecule has 2 fully saturated rings. The molecule has 18 nitrogen and oxygen atoms in total. The van der Waals surface area contributed by atoms with Crippen LogP contribution in [0.3, 0.4) is 0 Å². The Morgan fingerprint density at radius 1 is 0.606 bits per heavy atom. The van der Waals surface area contributed by atoms with Crippen LogP contribution in [0.1, 0.15) is 26.2 Å². The molecule has 36 N–H and O–H groups in total. The van der Waals surface area contributed by atoms with Crippen LogP contribution in [0.15, 0.2) is 0 Å². The monoisotopic (exact) mass is 478 g/mol. The summed E-state index contributed by atoms with van der Waals surface area (Å²) >= 11 is 0. The van der Waals surface area contributed by atoms with Gasteiger partial charge in [0.1, 0.15) is 39.5 Å². The highest BCUT2D eigenvalue weighted by Gasteiger charge is 2.90. The standard InChI is InChI=1S/C15H46N18/c1-6(4-5(16)2-3-7(6,17)18)9(19,20)8(15(31,32)33)10(21,22)12(25,26)14(29,30)13(27,28)11(8,23)24/h5H,2-4,16-33H2,1H3. The van der Waals surface area contributed by atoms with Crippen LogP contribution >= 0.6 is 0 Å². The summed E-state index contributed by atoms with van der Waals surface area (Å²) in [7, 11) is 0. The second-order valence-electron chi connectivity index (χ2n) is 10.8. The van der Waals surface area contributed by atoms with Crippen LogP contribution in [0.4, 0.5) is 0 Å². The molecule has 2 aliphatic carbocycles. The van der Waals surface area contributed by atoms with Gasteiger partial charge in [-0.15, -0.1) is 0 Å². The first-order valence-corrected chi connectivity index (χ1v) is 10.3. The molecule has 0 aromatic rings. The van der Waals surface area contributed by atoms with Crippen molar-refractivity contribution < 1.29 is 0 Å². The number of hydrogen-bond acceptors (Lipinski definition) is 18. The van der Waals surface area contributed by atoms with Gasteiger partial charge < -0.3 is 103 Å². The zero-order chi connectivity index (χ0) is 26.7. The summed E-state index contributed by atoms with van der Waals surface area (Å²) in [6, 6.07) is -0.482. The van der Waals surface area contributed by atoms with Crippen molar-refractivity contribution in [2.45, 2.75) is 77.7 Å². The van der Waals surface area contributed by atoms with E-state index in [9.17, 15) is 0 Å². The topological polar surface area (TPSA) is 468 Å². The van der Waals surface area contributed by atoms with E-state index in [0.717, 1.165) is 0 Å². The highest BCUT2D eigenvalue weighted by molar-refractivity contribution is 5.45. The predicted molar refractivity (Wildman–Crippen MR) is 125 cm³/mol. The second kappa shape index (κ2) is 6.73. The molecule has 33 heavy (non-hydrogen) atoms. The van der Waals surface area contributed by atoms with E-state index < -0.39 is 62.3 Å². The Labute approximate surface area is 192 Å². The molecule has 0 aliphatic heterocycles. The van der Waals surface area contributed by atoms with Gasteiger partial charge in [-0.3, -0.25) is 0 Å². The van der Waals surface area contributed by atoms with E-state index in [2.05, 4.69) is 0 Å². The molecule has 0 radical (unpaired) electrons. The fourth-order valence-corrected chi connectivity index (χ4v) is 6.23. The Kier molecular flexibility index (Phi) is 5.82. The quantitative estimate of drug-likeness (QED) is 0.167. The smallest absolute Gasteiger partial charge is 0.134 e. The minimum Gasteiger partial charge on any atom is -0.328 e. The third kappa shape index (κ3) is 2.67. The van der Waals surface area contributed by atoms with E-state index in [4.69, 9.17) is 103 Å². The highest BCUT2D eigenvalue weighted by Crippen LogP contribution is 2.62. The molecular formula is C15H46N18. The third-order valence-corrected chi connectivity index (χ3v) is 8.79. The van der Waals surface area contributed by atoms with E-state index in [1.807, 2.05) is 0 Å².